The number of ether oxygens (including phenoxy) is 1. The highest BCUT2D eigenvalue weighted by Crippen LogP contribution is 2.36. The molecule has 1 N–H and O–H groups in total. The van der Waals surface area contributed by atoms with Gasteiger partial charge >= 0.3 is 5.97 Å². The van der Waals surface area contributed by atoms with Crippen molar-refractivity contribution in [1.29, 1.82) is 0 Å². The molecule has 5 nitrogen and oxygen atoms in total. The van der Waals surface area contributed by atoms with Crippen molar-refractivity contribution in [2.24, 2.45) is 0 Å². The number of amides is 1. The summed E-state index contributed by atoms with van der Waals surface area (Å²) >= 11 is 7.47. The number of esters is 1. The van der Waals surface area contributed by atoms with Gasteiger partial charge in [0.05, 0.1) is 28.9 Å². The number of anilines is 1. The number of thiophene rings is 1. The van der Waals surface area contributed by atoms with E-state index < -0.39 is 5.97 Å². The Morgan fingerprint density at radius 1 is 1.03 bits per heavy atom. The third-order valence-corrected chi connectivity index (χ3v) is 7.06. The first-order chi connectivity index (χ1) is 16.3. The number of nitrogens with zero attached hydrogens (tertiary/aromatic N) is 1. The van der Waals surface area contributed by atoms with Crippen LogP contribution < -0.4 is 5.32 Å². The Kier molecular flexibility index (Phi) is 7.00. The Morgan fingerprint density at radius 3 is 2.41 bits per heavy atom. The number of hydrogen-bond donors (Lipinski definition) is 1. The number of aromatic nitrogens is 1. The van der Waals surface area contributed by atoms with Gasteiger partial charge in [0.1, 0.15) is 5.00 Å². The molecule has 0 spiro atoms. The number of fused-ring (bicyclic) bond motifs is 1. The summed E-state index contributed by atoms with van der Waals surface area (Å²) in [5, 5.41) is 4.90. The topological polar surface area (TPSA) is 68.3 Å². The van der Waals surface area contributed by atoms with Gasteiger partial charge in [0.25, 0.3) is 5.91 Å². The Hall–Kier alpha value is -3.22. The largest absolute Gasteiger partial charge is 0.462 e. The molecule has 2 heterocycles. The van der Waals surface area contributed by atoms with Crippen LogP contribution in [-0.2, 0) is 11.2 Å². The van der Waals surface area contributed by atoms with E-state index in [-0.39, 0.29) is 12.5 Å². The Labute approximate surface area is 207 Å². The van der Waals surface area contributed by atoms with Crippen LogP contribution in [0, 0.1) is 13.8 Å². The third kappa shape index (κ3) is 4.43. The van der Waals surface area contributed by atoms with Gasteiger partial charge in [-0.15, -0.1) is 11.3 Å². The molecule has 2 aromatic carbocycles. The van der Waals surface area contributed by atoms with Gasteiger partial charge in [0.2, 0.25) is 0 Å². The van der Waals surface area contributed by atoms with Crippen molar-refractivity contribution in [3.05, 3.63) is 80.7 Å². The molecule has 0 saturated heterocycles. The number of para-hydroxylation sites is 1. The second-order valence-electron chi connectivity index (χ2n) is 7.85. The average Bonchev–Trinajstić information content (AvgIpc) is 3.13. The van der Waals surface area contributed by atoms with E-state index in [9.17, 15) is 9.59 Å². The minimum atomic E-state index is -0.419. The van der Waals surface area contributed by atoms with E-state index in [1.807, 2.05) is 57.2 Å². The highest BCUT2D eigenvalue weighted by Gasteiger charge is 2.26. The van der Waals surface area contributed by atoms with Crippen LogP contribution in [-0.4, -0.2) is 23.5 Å². The van der Waals surface area contributed by atoms with Gasteiger partial charge in [-0.3, -0.25) is 4.79 Å². The number of halogens is 1. The van der Waals surface area contributed by atoms with Crippen LogP contribution in [0.2, 0.25) is 5.02 Å². The molecule has 4 rings (SSSR count). The first kappa shape index (κ1) is 23.9. The van der Waals surface area contributed by atoms with Crippen LogP contribution in [0.15, 0.2) is 48.5 Å². The molecule has 0 aliphatic carbocycles. The molecule has 4 aromatic rings. The quantitative estimate of drug-likeness (QED) is 0.288. The Balaban J connectivity index is 1.85. The van der Waals surface area contributed by atoms with Crippen molar-refractivity contribution >= 4 is 50.7 Å². The highest BCUT2D eigenvalue weighted by molar-refractivity contribution is 7.16. The van der Waals surface area contributed by atoms with E-state index >= 15 is 0 Å². The summed E-state index contributed by atoms with van der Waals surface area (Å²) < 4.78 is 5.29. The summed E-state index contributed by atoms with van der Waals surface area (Å²) in [6.45, 7) is 7.87. The molecule has 0 aliphatic rings. The van der Waals surface area contributed by atoms with Gasteiger partial charge in [-0.25, -0.2) is 9.78 Å². The van der Waals surface area contributed by atoms with Gasteiger partial charge in [0.15, 0.2) is 0 Å². The summed E-state index contributed by atoms with van der Waals surface area (Å²) in [7, 11) is 0. The van der Waals surface area contributed by atoms with E-state index in [0.717, 1.165) is 27.0 Å². The van der Waals surface area contributed by atoms with Crippen LogP contribution in [0.4, 0.5) is 5.00 Å². The fraction of sp³-hybridized carbons (Fsp3) is 0.222. The second-order valence-corrected chi connectivity index (χ2v) is 9.51. The van der Waals surface area contributed by atoms with Crippen molar-refractivity contribution in [2.75, 3.05) is 11.9 Å². The second kappa shape index (κ2) is 9.95. The minimum Gasteiger partial charge on any atom is -0.462 e. The van der Waals surface area contributed by atoms with Crippen molar-refractivity contribution in [2.45, 2.75) is 34.1 Å². The van der Waals surface area contributed by atoms with Crippen molar-refractivity contribution < 1.29 is 14.3 Å². The number of carbonyl (C=O) groups is 2. The zero-order valence-corrected chi connectivity index (χ0v) is 21.1. The molecule has 7 heteroatoms. The molecule has 0 unspecified atom stereocenters. The molecule has 34 heavy (non-hydrogen) atoms. The number of aryl methyl sites for hydroxylation is 1. The van der Waals surface area contributed by atoms with Gasteiger partial charge < -0.3 is 10.1 Å². The standard InChI is InChI=1S/C27H25ClN2O3S/c1-5-19-16(4)34-26(23(19)27(32)33-6-2)30-25(31)22-15(3)24(17-11-13-18(28)14-12-17)29-21-10-8-7-9-20(21)22/h7-14H,5-6H2,1-4H3,(H,30,31). The molecule has 1 amide bonds. The van der Waals surface area contributed by atoms with Crippen molar-refractivity contribution in [3.8, 4) is 11.3 Å². The average molecular weight is 493 g/mol. The smallest absolute Gasteiger partial charge is 0.341 e. The summed E-state index contributed by atoms with van der Waals surface area (Å²) in [6.07, 6.45) is 0.671. The maximum Gasteiger partial charge on any atom is 0.341 e. The van der Waals surface area contributed by atoms with Gasteiger partial charge in [-0.2, -0.15) is 0 Å². The van der Waals surface area contributed by atoms with Crippen LogP contribution in [0.3, 0.4) is 0 Å². The number of nitrogens with one attached hydrogen (secondary N) is 1. The lowest BCUT2D eigenvalue weighted by Crippen LogP contribution is -2.17. The number of benzene rings is 2. The predicted octanol–water partition coefficient (Wildman–Crippen LogP) is 7.22. The number of pyridine rings is 1. The summed E-state index contributed by atoms with van der Waals surface area (Å²) in [6, 6.07) is 15.0. The van der Waals surface area contributed by atoms with E-state index in [0.29, 0.717) is 38.8 Å². The molecule has 174 valence electrons. The predicted molar refractivity (Wildman–Crippen MR) is 139 cm³/mol. The molecular formula is C27H25ClN2O3S. The van der Waals surface area contributed by atoms with Gasteiger partial charge in [-0.05, 0) is 56.5 Å². The van der Waals surface area contributed by atoms with E-state index in [2.05, 4.69) is 5.32 Å². The SMILES string of the molecule is CCOC(=O)c1c(NC(=O)c2c(C)c(-c3ccc(Cl)cc3)nc3ccccc23)sc(C)c1CC. The molecule has 0 saturated carbocycles. The monoisotopic (exact) mass is 492 g/mol. The fourth-order valence-corrected chi connectivity index (χ4v) is 5.42. The highest BCUT2D eigenvalue weighted by atomic mass is 35.5. The normalized spacial score (nSPS) is 11.0. The summed E-state index contributed by atoms with van der Waals surface area (Å²) in [5.41, 5.74) is 4.91. The van der Waals surface area contributed by atoms with E-state index in [4.69, 9.17) is 21.3 Å². The molecule has 0 fully saturated rings. The van der Waals surface area contributed by atoms with E-state index in [1.165, 1.54) is 11.3 Å². The molecular weight excluding hydrogens is 468 g/mol. The minimum absolute atomic E-state index is 0.267. The van der Waals surface area contributed by atoms with Crippen LogP contribution in [0.25, 0.3) is 22.2 Å². The number of rotatable bonds is 6. The molecule has 0 atom stereocenters. The molecule has 2 aromatic heterocycles. The zero-order valence-electron chi connectivity index (χ0n) is 19.5. The van der Waals surface area contributed by atoms with Crippen LogP contribution >= 0.6 is 22.9 Å². The summed E-state index contributed by atoms with van der Waals surface area (Å²) in [5.74, 6) is -0.710. The number of hydrogen-bond acceptors (Lipinski definition) is 5. The van der Waals surface area contributed by atoms with E-state index in [1.54, 1.807) is 19.1 Å². The maximum absolute atomic E-state index is 13.7. The lowest BCUT2D eigenvalue weighted by atomic mass is 9.97. The first-order valence-corrected chi connectivity index (χ1v) is 12.3. The van der Waals surface area contributed by atoms with Crippen molar-refractivity contribution in [1.82, 2.24) is 4.98 Å². The lowest BCUT2D eigenvalue weighted by molar-refractivity contribution is 0.0527. The van der Waals surface area contributed by atoms with Crippen LogP contribution in [0.5, 0.6) is 0 Å². The van der Waals surface area contributed by atoms with Crippen molar-refractivity contribution in [3.63, 3.8) is 0 Å². The van der Waals surface area contributed by atoms with Gasteiger partial charge in [-0.1, -0.05) is 48.9 Å². The molecule has 0 aliphatic heterocycles. The maximum atomic E-state index is 13.7. The Morgan fingerprint density at radius 2 is 1.74 bits per heavy atom. The molecule has 0 bridgehead atoms. The Bertz CT molecular complexity index is 1390. The fourth-order valence-electron chi connectivity index (χ4n) is 4.17. The van der Waals surface area contributed by atoms with Gasteiger partial charge in [0, 0.05) is 20.8 Å². The zero-order chi connectivity index (χ0) is 24.4. The first-order valence-electron chi connectivity index (χ1n) is 11.1. The molecule has 0 radical (unpaired) electrons. The lowest BCUT2D eigenvalue weighted by Gasteiger charge is -2.15. The third-order valence-electron chi connectivity index (χ3n) is 5.75. The van der Waals surface area contributed by atoms with Crippen LogP contribution in [0.1, 0.15) is 50.6 Å². The summed E-state index contributed by atoms with van der Waals surface area (Å²) in [4.78, 5) is 32.3. The number of carbonyl (C=O) groups excluding carboxylic acids is 2.